The molecule has 1 saturated heterocycles. The minimum atomic E-state index is 0.312. The number of nitrogens with one attached hydrogen (secondary N) is 2. The van der Waals surface area contributed by atoms with E-state index in [0.717, 1.165) is 32.8 Å². The highest BCUT2D eigenvalue weighted by Gasteiger charge is 2.25. The van der Waals surface area contributed by atoms with Crippen molar-refractivity contribution in [2.45, 2.75) is 10.9 Å². The van der Waals surface area contributed by atoms with Gasteiger partial charge in [-0.1, -0.05) is 24.3 Å². The lowest BCUT2D eigenvalue weighted by Gasteiger charge is -2.34. The first-order chi connectivity index (χ1) is 14.3. The van der Waals surface area contributed by atoms with Crippen molar-refractivity contribution in [3.63, 3.8) is 0 Å². The Morgan fingerprint density at radius 2 is 2.00 bits per heavy atom. The van der Waals surface area contributed by atoms with E-state index in [9.17, 15) is 0 Å². The molecule has 6 heteroatoms. The van der Waals surface area contributed by atoms with Gasteiger partial charge in [0.1, 0.15) is 0 Å². The quantitative estimate of drug-likeness (QED) is 0.468. The third-order valence-corrected chi connectivity index (χ3v) is 6.57. The van der Waals surface area contributed by atoms with Crippen LogP contribution in [0.3, 0.4) is 0 Å². The number of para-hydroxylation sites is 1. The summed E-state index contributed by atoms with van der Waals surface area (Å²) in [5.41, 5.74) is 3.85. The first-order valence-corrected chi connectivity index (χ1v) is 10.9. The van der Waals surface area contributed by atoms with E-state index in [1.807, 2.05) is 6.20 Å². The maximum Gasteiger partial charge on any atom is 0.0594 e. The highest BCUT2D eigenvalue weighted by atomic mass is 32.2. The number of fused-ring (bicyclic) bond motifs is 2. The van der Waals surface area contributed by atoms with Gasteiger partial charge >= 0.3 is 0 Å². The molecule has 1 aliphatic heterocycles. The first-order valence-electron chi connectivity index (χ1n) is 10.1. The summed E-state index contributed by atoms with van der Waals surface area (Å²) in [5, 5.41) is 2.59. The predicted molar refractivity (Wildman–Crippen MR) is 120 cm³/mol. The lowest BCUT2D eigenvalue weighted by molar-refractivity contribution is 0.0175. The predicted octanol–water partition coefficient (Wildman–Crippen LogP) is 4.33. The number of aromatic amines is 1. The Balaban J connectivity index is 1.38. The molecule has 1 aliphatic rings. The van der Waals surface area contributed by atoms with Crippen LogP contribution in [0.1, 0.15) is 11.6 Å². The van der Waals surface area contributed by atoms with Gasteiger partial charge in [0.15, 0.2) is 0 Å². The topological polar surface area (TPSA) is 45.2 Å². The van der Waals surface area contributed by atoms with Crippen molar-refractivity contribution in [3.8, 4) is 0 Å². The van der Waals surface area contributed by atoms with Gasteiger partial charge in [0, 0.05) is 60.4 Å². The first kappa shape index (κ1) is 18.8. The fourth-order valence-corrected chi connectivity index (χ4v) is 4.98. The van der Waals surface area contributed by atoms with E-state index in [1.165, 1.54) is 32.3 Å². The fraction of sp³-hybridized carbons (Fsp3) is 0.304. The zero-order valence-corrected chi connectivity index (χ0v) is 17.4. The van der Waals surface area contributed by atoms with Gasteiger partial charge in [-0.3, -0.25) is 9.62 Å². The average Bonchev–Trinajstić information content (AvgIpc) is 3.36. The number of aryl methyl sites for hydroxylation is 1. The SMILES string of the molecule is Cn1cc(C(CNSc2ccc3cc[nH]c3c2)N2CCOCC2)c2ccccc21. The molecule has 5 rings (SSSR count). The van der Waals surface area contributed by atoms with E-state index < -0.39 is 0 Å². The number of ether oxygens (including phenoxy) is 1. The lowest BCUT2D eigenvalue weighted by Crippen LogP contribution is -2.42. The van der Waals surface area contributed by atoms with Gasteiger partial charge in [-0.25, -0.2) is 0 Å². The summed E-state index contributed by atoms with van der Waals surface area (Å²) in [6, 6.07) is 17.6. The van der Waals surface area contributed by atoms with Gasteiger partial charge in [0.05, 0.1) is 19.3 Å². The summed E-state index contributed by atoms with van der Waals surface area (Å²) < 4.78 is 11.5. The molecule has 2 aromatic heterocycles. The standard InChI is InChI=1S/C23H26N4OS/c1-26-16-20(19-4-2-3-5-22(19)26)23(27-10-12-28-13-11-27)15-25-29-18-7-6-17-8-9-24-21(17)14-18/h2-9,14,16,23-25H,10-13,15H2,1H3. The largest absolute Gasteiger partial charge is 0.379 e. The van der Waals surface area contributed by atoms with Crippen molar-refractivity contribution in [1.29, 1.82) is 0 Å². The highest BCUT2D eigenvalue weighted by molar-refractivity contribution is 7.97. The van der Waals surface area contributed by atoms with E-state index in [2.05, 4.69) is 80.9 Å². The maximum atomic E-state index is 5.61. The molecular weight excluding hydrogens is 380 g/mol. The Kier molecular flexibility index (Phi) is 5.33. The number of nitrogens with zero attached hydrogens (tertiary/aromatic N) is 2. The Morgan fingerprint density at radius 1 is 1.14 bits per heavy atom. The molecule has 0 bridgehead atoms. The van der Waals surface area contributed by atoms with Gasteiger partial charge in [-0.15, -0.1) is 0 Å². The molecule has 1 atom stereocenters. The van der Waals surface area contributed by atoms with Crippen LogP contribution in [-0.4, -0.2) is 47.3 Å². The molecule has 1 fully saturated rings. The maximum absolute atomic E-state index is 5.61. The van der Waals surface area contributed by atoms with E-state index in [-0.39, 0.29) is 0 Å². The smallest absolute Gasteiger partial charge is 0.0594 e. The van der Waals surface area contributed by atoms with E-state index >= 15 is 0 Å². The monoisotopic (exact) mass is 406 g/mol. The minimum Gasteiger partial charge on any atom is -0.379 e. The van der Waals surface area contributed by atoms with Crippen LogP contribution < -0.4 is 4.72 Å². The summed E-state index contributed by atoms with van der Waals surface area (Å²) >= 11 is 1.70. The molecule has 2 aromatic carbocycles. The number of morpholine rings is 1. The van der Waals surface area contributed by atoms with Crippen molar-refractivity contribution in [2.75, 3.05) is 32.8 Å². The summed E-state index contributed by atoms with van der Waals surface area (Å²) in [6.07, 6.45) is 4.28. The normalized spacial score (nSPS) is 16.6. The molecule has 1 unspecified atom stereocenters. The number of hydrogen-bond donors (Lipinski definition) is 2. The van der Waals surface area contributed by atoms with Crippen LogP contribution >= 0.6 is 11.9 Å². The van der Waals surface area contributed by atoms with Crippen molar-refractivity contribution in [2.24, 2.45) is 7.05 Å². The second-order valence-corrected chi connectivity index (χ2v) is 8.52. The second-order valence-electron chi connectivity index (χ2n) is 7.55. The van der Waals surface area contributed by atoms with Gasteiger partial charge in [0.25, 0.3) is 0 Å². The average molecular weight is 407 g/mol. The van der Waals surface area contributed by atoms with Gasteiger partial charge in [-0.05, 0) is 47.2 Å². The Bertz CT molecular complexity index is 1110. The minimum absolute atomic E-state index is 0.312. The fourth-order valence-electron chi connectivity index (χ4n) is 4.26. The van der Waals surface area contributed by atoms with Crippen LogP contribution in [0.2, 0.25) is 0 Å². The zero-order chi connectivity index (χ0) is 19.6. The van der Waals surface area contributed by atoms with Crippen LogP contribution in [0, 0.1) is 0 Å². The molecule has 150 valence electrons. The number of rotatable bonds is 6. The molecule has 2 N–H and O–H groups in total. The lowest BCUT2D eigenvalue weighted by atomic mass is 10.0. The molecular formula is C23H26N4OS. The second kappa shape index (κ2) is 8.24. The molecule has 29 heavy (non-hydrogen) atoms. The molecule has 0 spiro atoms. The number of H-pyrrole nitrogens is 1. The molecule has 5 nitrogen and oxygen atoms in total. The van der Waals surface area contributed by atoms with Crippen molar-refractivity contribution in [3.05, 3.63) is 66.5 Å². The summed E-state index contributed by atoms with van der Waals surface area (Å²) in [5.74, 6) is 0. The molecule has 3 heterocycles. The summed E-state index contributed by atoms with van der Waals surface area (Å²) in [7, 11) is 2.13. The van der Waals surface area contributed by atoms with Gasteiger partial charge in [0.2, 0.25) is 0 Å². The van der Waals surface area contributed by atoms with E-state index in [0.29, 0.717) is 6.04 Å². The third-order valence-electron chi connectivity index (χ3n) is 5.77. The third kappa shape index (κ3) is 3.81. The van der Waals surface area contributed by atoms with Crippen molar-refractivity contribution < 1.29 is 4.74 Å². The van der Waals surface area contributed by atoms with Gasteiger partial charge in [-0.2, -0.15) is 0 Å². The van der Waals surface area contributed by atoms with Crippen LogP contribution in [-0.2, 0) is 11.8 Å². The molecule has 0 amide bonds. The highest BCUT2D eigenvalue weighted by Crippen LogP contribution is 2.31. The molecule has 0 saturated carbocycles. The molecule has 4 aromatic rings. The van der Waals surface area contributed by atoms with Gasteiger partial charge < -0.3 is 14.3 Å². The van der Waals surface area contributed by atoms with Crippen LogP contribution in [0.25, 0.3) is 21.8 Å². The van der Waals surface area contributed by atoms with Crippen molar-refractivity contribution in [1.82, 2.24) is 19.2 Å². The van der Waals surface area contributed by atoms with Crippen LogP contribution in [0.5, 0.6) is 0 Å². The Hall–Kier alpha value is -2.25. The van der Waals surface area contributed by atoms with Crippen LogP contribution in [0.4, 0.5) is 0 Å². The van der Waals surface area contributed by atoms with Crippen LogP contribution in [0.15, 0.2) is 65.8 Å². The summed E-state index contributed by atoms with van der Waals surface area (Å²) in [6.45, 7) is 4.42. The Morgan fingerprint density at radius 3 is 2.90 bits per heavy atom. The number of aromatic nitrogens is 2. The van der Waals surface area contributed by atoms with Crippen molar-refractivity contribution >= 4 is 33.8 Å². The zero-order valence-electron chi connectivity index (χ0n) is 16.6. The number of hydrogen-bond acceptors (Lipinski definition) is 4. The van der Waals surface area contributed by atoms with E-state index in [4.69, 9.17) is 4.74 Å². The van der Waals surface area contributed by atoms with E-state index in [1.54, 1.807) is 11.9 Å². The molecule has 0 radical (unpaired) electrons. The summed E-state index contributed by atoms with van der Waals surface area (Å²) in [4.78, 5) is 7.06. The molecule has 0 aliphatic carbocycles. The Labute approximate surface area is 175 Å². The number of benzene rings is 2.